The SMILES string of the molecule is COC(=O)NOc1cc(C(C)=NOCc2cccc(C(F)(F)F)n2)ccc1Cl. The van der Waals surface area contributed by atoms with Crippen LogP contribution in [0.25, 0.3) is 0 Å². The first-order valence-electron chi connectivity index (χ1n) is 7.71. The molecule has 150 valence electrons. The smallest absolute Gasteiger partial charge is 0.440 e. The van der Waals surface area contributed by atoms with Crippen LogP contribution in [0, 0.1) is 0 Å². The van der Waals surface area contributed by atoms with Gasteiger partial charge in [0.2, 0.25) is 0 Å². The summed E-state index contributed by atoms with van der Waals surface area (Å²) < 4.78 is 42.3. The number of pyridine rings is 1. The Morgan fingerprint density at radius 1 is 1.29 bits per heavy atom. The maximum absolute atomic E-state index is 12.7. The first kappa shape index (κ1) is 21.3. The summed E-state index contributed by atoms with van der Waals surface area (Å²) in [5, 5.41) is 4.07. The molecule has 0 aliphatic carbocycles. The van der Waals surface area contributed by atoms with Crippen molar-refractivity contribution >= 4 is 23.4 Å². The number of methoxy groups -OCH3 is 1. The van der Waals surface area contributed by atoms with Crippen LogP contribution in [0.1, 0.15) is 23.9 Å². The molecule has 0 fully saturated rings. The van der Waals surface area contributed by atoms with Crippen molar-refractivity contribution in [3.63, 3.8) is 0 Å². The summed E-state index contributed by atoms with van der Waals surface area (Å²) in [5.74, 6) is 0.138. The third-order valence-electron chi connectivity index (χ3n) is 3.29. The van der Waals surface area contributed by atoms with Gasteiger partial charge in [-0.05, 0) is 31.2 Å². The summed E-state index contributed by atoms with van der Waals surface area (Å²) >= 11 is 5.98. The molecular formula is C17H15ClF3N3O4. The average Bonchev–Trinajstić information content (AvgIpc) is 2.66. The molecule has 11 heteroatoms. The number of carbonyl (C=O) groups is 1. The lowest BCUT2D eigenvalue weighted by molar-refractivity contribution is -0.141. The third kappa shape index (κ3) is 6.02. The van der Waals surface area contributed by atoms with Crippen molar-refractivity contribution in [1.29, 1.82) is 0 Å². The Bertz CT molecular complexity index is 875. The summed E-state index contributed by atoms with van der Waals surface area (Å²) in [6.07, 6.45) is -5.35. The van der Waals surface area contributed by atoms with Gasteiger partial charge in [0.05, 0.1) is 23.5 Å². The second-order valence-corrected chi connectivity index (χ2v) is 5.71. The topological polar surface area (TPSA) is 82.0 Å². The van der Waals surface area contributed by atoms with E-state index in [1.165, 1.54) is 31.4 Å². The monoisotopic (exact) mass is 417 g/mol. The van der Waals surface area contributed by atoms with Gasteiger partial charge in [-0.3, -0.25) is 0 Å². The fraction of sp³-hybridized carbons (Fsp3) is 0.235. The second kappa shape index (κ2) is 9.27. The number of benzene rings is 1. The Hall–Kier alpha value is -3.01. The molecule has 1 amide bonds. The van der Waals surface area contributed by atoms with Crippen molar-refractivity contribution in [3.8, 4) is 5.75 Å². The number of ether oxygens (including phenoxy) is 1. The number of hydrogen-bond donors (Lipinski definition) is 1. The zero-order chi connectivity index (χ0) is 20.7. The van der Waals surface area contributed by atoms with Crippen LogP contribution in [0.3, 0.4) is 0 Å². The van der Waals surface area contributed by atoms with Crippen LogP contribution >= 0.6 is 11.6 Å². The van der Waals surface area contributed by atoms with Gasteiger partial charge < -0.3 is 14.4 Å². The number of amides is 1. The van der Waals surface area contributed by atoms with E-state index >= 15 is 0 Å². The van der Waals surface area contributed by atoms with Gasteiger partial charge >= 0.3 is 12.3 Å². The van der Waals surface area contributed by atoms with Crippen molar-refractivity contribution in [2.24, 2.45) is 5.16 Å². The van der Waals surface area contributed by atoms with Gasteiger partial charge in [0, 0.05) is 5.56 Å². The lowest BCUT2D eigenvalue weighted by Gasteiger charge is -2.09. The molecule has 0 saturated heterocycles. The van der Waals surface area contributed by atoms with E-state index in [1.54, 1.807) is 13.0 Å². The lowest BCUT2D eigenvalue weighted by Crippen LogP contribution is -2.26. The molecule has 2 rings (SSSR count). The average molecular weight is 418 g/mol. The van der Waals surface area contributed by atoms with E-state index in [1.807, 2.05) is 5.48 Å². The first-order chi connectivity index (χ1) is 13.2. The summed E-state index contributed by atoms with van der Waals surface area (Å²) in [5.41, 5.74) is 2.03. The summed E-state index contributed by atoms with van der Waals surface area (Å²) in [7, 11) is 1.17. The minimum Gasteiger partial charge on any atom is -0.451 e. The number of nitrogens with one attached hydrogen (secondary N) is 1. The van der Waals surface area contributed by atoms with Gasteiger partial charge in [0.1, 0.15) is 5.69 Å². The summed E-state index contributed by atoms with van der Waals surface area (Å²) in [4.78, 5) is 24.6. The number of nitrogens with zero attached hydrogens (tertiary/aromatic N) is 2. The highest BCUT2D eigenvalue weighted by Gasteiger charge is 2.32. The van der Waals surface area contributed by atoms with E-state index < -0.39 is 18.0 Å². The van der Waals surface area contributed by atoms with Crippen molar-refractivity contribution in [1.82, 2.24) is 10.5 Å². The Morgan fingerprint density at radius 3 is 2.71 bits per heavy atom. The fourth-order valence-corrected chi connectivity index (χ4v) is 2.07. The molecule has 0 spiro atoms. The molecule has 0 saturated carbocycles. The highest BCUT2D eigenvalue weighted by molar-refractivity contribution is 6.32. The van der Waals surface area contributed by atoms with Crippen molar-refractivity contribution in [2.45, 2.75) is 19.7 Å². The summed E-state index contributed by atoms with van der Waals surface area (Å²) in [6, 6.07) is 8.13. The number of halogens is 4. The zero-order valence-corrected chi connectivity index (χ0v) is 15.5. The minimum absolute atomic E-state index is 0.0776. The summed E-state index contributed by atoms with van der Waals surface area (Å²) in [6.45, 7) is 1.36. The van der Waals surface area contributed by atoms with Gasteiger partial charge in [-0.2, -0.15) is 18.7 Å². The van der Waals surface area contributed by atoms with E-state index in [9.17, 15) is 18.0 Å². The highest BCUT2D eigenvalue weighted by atomic mass is 35.5. The Morgan fingerprint density at radius 2 is 2.04 bits per heavy atom. The van der Waals surface area contributed by atoms with Crippen molar-refractivity contribution < 1.29 is 32.4 Å². The molecule has 0 unspecified atom stereocenters. The maximum Gasteiger partial charge on any atom is 0.440 e. The van der Waals surface area contributed by atoms with Crippen molar-refractivity contribution in [2.75, 3.05) is 7.11 Å². The lowest BCUT2D eigenvalue weighted by atomic mass is 10.1. The molecule has 0 aliphatic rings. The minimum atomic E-state index is -4.53. The molecule has 7 nitrogen and oxygen atoms in total. The molecule has 28 heavy (non-hydrogen) atoms. The Labute approximate surface area is 163 Å². The molecule has 1 N–H and O–H groups in total. The molecule has 1 aromatic heterocycles. The van der Waals surface area contributed by atoms with E-state index in [0.717, 1.165) is 6.07 Å². The normalized spacial score (nSPS) is 11.7. The quantitative estimate of drug-likeness (QED) is 0.558. The standard InChI is InChI=1S/C17H15ClF3N3O4/c1-10(11-6-7-13(18)14(8-11)28-24-16(25)26-2)23-27-9-12-4-3-5-15(22-12)17(19,20)21/h3-8H,9H2,1-2H3,(H,24,25). The van der Waals surface area contributed by atoms with Crippen molar-refractivity contribution in [3.05, 3.63) is 58.4 Å². The molecular weight excluding hydrogens is 403 g/mol. The van der Waals surface area contributed by atoms with E-state index in [4.69, 9.17) is 21.3 Å². The Kier molecular flexibility index (Phi) is 7.05. The molecule has 1 aromatic carbocycles. The van der Waals surface area contributed by atoms with Crippen LogP contribution in [0.4, 0.5) is 18.0 Å². The molecule has 2 aromatic rings. The van der Waals surface area contributed by atoms with E-state index in [0.29, 0.717) is 11.3 Å². The van der Waals surface area contributed by atoms with Crippen LogP contribution in [-0.4, -0.2) is 23.9 Å². The number of rotatable bonds is 6. The highest BCUT2D eigenvalue weighted by Crippen LogP contribution is 2.27. The fourth-order valence-electron chi connectivity index (χ4n) is 1.91. The third-order valence-corrected chi connectivity index (χ3v) is 3.60. The second-order valence-electron chi connectivity index (χ2n) is 5.30. The predicted octanol–water partition coefficient (Wildman–Crippen LogP) is 4.34. The van der Waals surface area contributed by atoms with Crippen LogP contribution in [0.5, 0.6) is 5.75 Å². The van der Waals surface area contributed by atoms with Crippen LogP contribution in [-0.2, 0) is 22.4 Å². The predicted molar refractivity (Wildman–Crippen MR) is 93.9 cm³/mol. The maximum atomic E-state index is 12.7. The number of hydroxylamine groups is 1. The van der Waals surface area contributed by atoms with Gasteiger partial charge in [-0.15, -0.1) is 0 Å². The van der Waals surface area contributed by atoms with Gasteiger partial charge in [-0.1, -0.05) is 28.9 Å². The zero-order valence-electron chi connectivity index (χ0n) is 14.7. The van der Waals surface area contributed by atoms with Gasteiger partial charge in [-0.25, -0.2) is 9.78 Å². The number of aromatic nitrogens is 1. The van der Waals surface area contributed by atoms with Crippen LogP contribution in [0.15, 0.2) is 41.6 Å². The molecule has 0 bridgehead atoms. The largest absolute Gasteiger partial charge is 0.451 e. The van der Waals surface area contributed by atoms with E-state index in [-0.39, 0.29) is 23.1 Å². The van der Waals surface area contributed by atoms with E-state index in [2.05, 4.69) is 14.9 Å². The number of hydrogen-bond acceptors (Lipinski definition) is 6. The molecule has 0 aliphatic heterocycles. The van der Waals surface area contributed by atoms with Gasteiger partial charge in [0.15, 0.2) is 12.4 Å². The number of oxime groups is 1. The number of alkyl halides is 3. The number of carbonyl (C=O) groups excluding carboxylic acids is 1. The Balaban J connectivity index is 2.04. The van der Waals surface area contributed by atoms with Crippen LogP contribution in [0.2, 0.25) is 5.02 Å². The molecule has 0 radical (unpaired) electrons. The first-order valence-corrected chi connectivity index (χ1v) is 8.09. The van der Waals surface area contributed by atoms with Gasteiger partial charge in [0.25, 0.3) is 0 Å². The molecule has 0 atom stereocenters. The molecule has 1 heterocycles. The van der Waals surface area contributed by atoms with Crippen LogP contribution < -0.4 is 10.3 Å².